The maximum atomic E-state index is 11.6. The first-order valence-corrected chi connectivity index (χ1v) is 8.33. The lowest BCUT2D eigenvalue weighted by molar-refractivity contribution is -0.143. The van der Waals surface area contributed by atoms with Gasteiger partial charge in [0.15, 0.2) is 6.61 Å². The molecule has 1 aromatic heterocycles. The van der Waals surface area contributed by atoms with Crippen LogP contribution in [0.1, 0.15) is 10.4 Å². The van der Waals surface area contributed by atoms with E-state index in [2.05, 4.69) is 5.32 Å². The Labute approximate surface area is 144 Å². The molecular formula is C18H19NO4S. The summed E-state index contributed by atoms with van der Waals surface area (Å²) in [5.41, 5.74) is 0.812. The van der Waals surface area contributed by atoms with Crippen LogP contribution >= 0.6 is 11.3 Å². The van der Waals surface area contributed by atoms with Gasteiger partial charge in [-0.2, -0.15) is 0 Å². The van der Waals surface area contributed by atoms with Gasteiger partial charge in [0.25, 0.3) is 5.91 Å². The largest absolute Gasteiger partial charge is 0.497 e. The van der Waals surface area contributed by atoms with E-state index in [4.69, 9.17) is 9.47 Å². The molecule has 1 heterocycles. The zero-order chi connectivity index (χ0) is 17.2. The number of thiophene rings is 1. The molecule has 0 saturated heterocycles. The Hall–Kier alpha value is -2.60. The molecule has 2 rings (SSSR count). The summed E-state index contributed by atoms with van der Waals surface area (Å²) < 4.78 is 10.0. The molecule has 126 valence electrons. The van der Waals surface area contributed by atoms with E-state index in [1.54, 1.807) is 30.6 Å². The van der Waals surface area contributed by atoms with Gasteiger partial charge in [-0.1, -0.05) is 18.2 Å². The highest BCUT2D eigenvalue weighted by Gasteiger charge is 2.05. The molecule has 5 nitrogen and oxygen atoms in total. The second-order valence-corrected chi connectivity index (χ2v) is 5.93. The average Bonchev–Trinajstić information content (AvgIpc) is 3.11. The second kappa shape index (κ2) is 9.52. The number of methoxy groups -OCH3 is 1. The SMILES string of the molecule is COc1cccc(/C=C/C(=O)OCC(=O)NCCc2cccs2)c1. The van der Waals surface area contributed by atoms with Crippen molar-refractivity contribution in [2.75, 3.05) is 20.3 Å². The third-order valence-electron chi connectivity index (χ3n) is 3.12. The number of rotatable bonds is 8. The smallest absolute Gasteiger partial charge is 0.331 e. The van der Waals surface area contributed by atoms with E-state index in [1.807, 2.05) is 35.7 Å². The van der Waals surface area contributed by atoms with Crippen molar-refractivity contribution in [1.82, 2.24) is 5.32 Å². The van der Waals surface area contributed by atoms with Crippen LogP contribution in [0.15, 0.2) is 47.9 Å². The van der Waals surface area contributed by atoms with Gasteiger partial charge in [-0.15, -0.1) is 11.3 Å². The fourth-order valence-electron chi connectivity index (χ4n) is 1.93. The van der Waals surface area contributed by atoms with Crippen LogP contribution in [0.4, 0.5) is 0 Å². The summed E-state index contributed by atoms with van der Waals surface area (Å²) in [5.74, 6) is -0.170. The predicted octanol–water partition coefficient (Wildman–Crippen LogP) is 2.67. The molecule has 0 fully saturated rings. The molecule has 0 bridgehead atoms. The van der Waals surface area contributed by atoms with Crippen molar-refractivity contribution < 1.29 is 19.1 Å². The second-order valence-electron chi connectivity index (χ2n) is 4.90. The lowest BCUT2D eigenvalue weighted by Crippen LogP contribution is -2.30. The van der Waals surface area contributed by atoms with Crippen molar-refractivity contribution in [3.63, 3.8) is 0 Å². The molecule has 0 radical (unpaired) electrons. The zero-order valence-corrected chi connectivity index (χ0v) is 14.2. The van der Waals surface area contributed by atoms with E-state index in [1.165, 1.54) is 11.0 Å². The zero-order valence-electron chi connectivity index (χ0n) is 13.4. The van der Waals surface area contributed by atoms with Crippen LogP contribution in [0.5, 0.6) is 5.75 Å². The molecule has 0 saturated carbocycles. The monoisotopic (exact) mass is 345 g/mol. The molecule has 0 aliphatic heterocycles. The fraction of sp³-hybridized carbons (Fsp3) is 0.222. The highest BCUT2D eigenvalue weighted by Crippen LogP contribution is 2.13. The molecule has 0 atom stereocenters. The third kappa shape index (κ3) is 6.26. The van der Waals surface area contributed by atoms with Crippen LogP contribution in [0.3, 0.4) is 0 Å². The molecule has 0 aliphatic rings. The number of hydrogen-bond donors (Lipinski definition) is 1. The number of carbonyl (C=O) groups is 2. The summed E-state index contributed by atoms with van der Waals surface area (Å²) >= 11 is 1.65. The normalized spacial score (nSPS) is 10.5. The number of nitrogens with one attached hydrogen (secondary N) is 1. The first-order valence-electron chi connectivity index (χ1n) is 7.45. The van der Waals surface area contributed by atoms with Gasteiger partial charge in [-0.3, -0.25) is 4.79 Å². The van der Waals surface area contributed by atoms with Crippen LogP contribution in [-0.4, -0.2) is 32.1 Å². The molecule has 6 heteroatoms. The van der Waals surface area contributed by atoms with Gasteiger partial charge in [-0.25, -0.2) is 4.79 Å². The van der Waals surface area contributed by atoms with Crippen molar-refractivity contribution in [3.8, 4) is 5.75 Å². The topological polar surface area (TPSA) is 64.6 Å². The van der Waals surface area contributed by atoms with Crippen LogP contribution in [0.2, 0.25) is 0 Å². The molecule has 24 heavy (non-hydrogen) atoms. The van der Waals surface area contributed by atoms with Gasteiger partial charge in [-0.05, 0) is 41.6 Å². The molecular weight excluding hydrogens is 326 g/mol. The van der Waals surface area contributed by atoms with Crippen molar-refractivity contribution in [2.24, 2.45) is 0 Å². The number of ether oxygens (including phenoxy) is 2. The van der Waals surface area contributed by atoms with Gasteiger partial charge in [0, 0.05) is 17.5 Å². The molecule has 0 aliphatic carbocycles. The fourth-order valence-corrected chi connectivity index (χ4v) is 2.63. The molecule has 1 aromatic carbocycles. The minimum Gasteiger partial charge on any atom is -0.497 e. The molecule has 0 unspecified atom stereocenters. The maximum absolute atomic E-state index is 11.6. The number of benzene rings is 1. The van der Waals surface area contributed by atoms with E-state index in [-0.39, 0.29) is 12.5 Å². The summed E-state index contributed by atoms with van der Waals surface area (Å²) in [7, 11) is 1.58. The van der Waals surface area contributed by atoms with Gasteiger partial charge in [0.1, 0.15) is 5.75 Å². The van der Waals surface area contributed by atoms with Crippen molar-refractivity contribution in [1.29, 1.82) is 0 Å². The molecule has 2 aromatic rings. The number of amides is 1. The van der Waals surface area contributed by atoms with Gasteiger partial charge >= 0.3 is 5.97 Å². The summed E-state index contributed by atoms with van der Waals surface area (Å²) in [6.45, 7) is 0.238. The third-order valence-corrected chi connectivity index (χ3v) is 4.06. The van der Waals surface area contributed by atoms with Crippen molar-refractivity contribution in [3.05, 3.63) is 58.3 Å². The lowest BCUT2D eigenvalue weighted by Gasteiger charge is -2.04. The minimum absolute atomic E-state index is 0.286. The summed E-state index contributed by atoms with van der Waals surface area (Å²) in [5, 5.41) is 4.71. The summed E-state index contributed by atoms with van der Waals surface area (Å²) in [6, 6.07) is 11.3. The Bertz CT molecular complexity index is 695. The Kier molecular flexibility index (Phi) is 7.04. The number of esters is 1. The Balaban J connectivity index is 1.68. The maximum Gasteiger partial charge on any atom is 0.331 e. The van der Waals surface area contributed by atoms with Gasteiger partial charge < -0.3 is 14.8 Å². The summed E-state index contributed by atoms with van der Waals surface area (Å²) in [6.07, 6.45) is 3.67. The van der Waals surface area contributed by atoms with Crippen LogP contribution in [0, 0.1) is 0 Å². The Morgan fingerprint density at radius 2 is 2.12 bits per heavy atom. The number of carbonyl (C=O) groups excluding carboxylic acids is 2. The van der Waals surface area contributed by atoms with E-state index < -0.39 is 5.97 Å². The van der Waals surface area contributed by atoms with Crippen molar-refractivity contribution >= 4 is 29.3 Å². The van der Waals surface area contributed by atoms with Crippen LogP contribution < -0.4 is 10.1 Å². The number of hydrogen-bond acceptors (Lipinski definition) is 5. The standard InChI is InChI=1S/C18H19NO4S/c1-22-15-5-2-4-14(12-15)7-8-18(21)23-13-17(20)19-10-9-16-6-3-11-24-16/h2-8,11-12H,9-10,13H2,1H3,(H,19,20)/b8-7+. The highest BCUT2D eigenvalue weighted by atomic mass is 32.1. The van der Waals surface area contributed by atoms with E-state index in [9.17, 15) is 9.59 Å². The highest BCUT2D eigenvalue weighted by molar-refractivity contribution is 7.09. The lowest BCUT2D eigenvalue weighted by atomic mass is 10.2. The Morgan fingerprint density at radius 1 is 1.25 bits per heavy atom. The van der Waals surface area contributed by atoms with Gasteiger partial charge in [0.05, 0.1) is 7.11 Å². The molecule has 0 spiro atoms. The average molecular weight is 345 g/mol. The Morgan fingerprint density at radius 3 is 2.88 bits per heavy atom. The first-order chi connectivity index (χ1) is 11.7. The van der Waals surface area contributed by atoms with Crippen molar-refractivity contribution in [2.45, 2.75) is 6.42 Å². The van der Waals surface area contributed by atoms with Crippen LogP contribution in [-0.2, 0) is 20.7 Å². The van der Waals surface area contributed by atoms with Crippen LogP contribution in [0.25, 0.3) is 6.08 Å². The quantitative estimate of drug-likeness (QED) is 0.590. The van der Waals surface area contributed by atoms with E-state index in [0.29, 0.717) is 12.3 Å². The van der Waals surface area contributed by atoms with E-state index in [0.717, 1.165) is 12.0 Å². The first kappa shape index (κ1) is 17.7. The van der Waals surface area contributed by atoms with Gasteiger partial charge in [0.2, 0.25) is 0 Å². The van der Waals surface area contributed by atoms with E-state index >= 15 is 0 Å². The molecule has 1 N–H and O–H groups in total. The minimum atomic E-state index is -0.564. The molecule has 1 amide bonds. The summed E-state index contributed by atoms with van der Waals surface area (Å²) in [4.78, 5) is 24.4. The predicted molar refractivity (Wildman–Crippen MR) is 94.0 cm³/mol.